The van der Waals surface area contributed by atoms with Crippen molar-refractivity contribution in [3.63, 3.8) is 0 Å². The Morgan fingerprint density at radius 3 is 2.84 bits per heavy atom. The van der Waals surface area contributed by atoms with Crippen LogP contribution in [0.1, 0.15) is 11.3 Å². The van der Waals surface area contributed by atoms with Crippen LogP contribution in [0.25, 0.3) is 27.4 Å². The number of likely N-dealkylation sites (N-methyl/N-ethyl adjacent to an activating group) is 1. The molecule has 11 heteroatoms. The normalized spacial score (nSPS) is 15.2. The summed E-state index contributed by atoms with van der Waals surface area (Å²) in [6.45, 7) is -0.0577. The number of fused-ring (bicyclic) bond motifs is 2. The SMILES string of the molecule is CN(C)C(=O)COc1ccc2cnn(-c3nc(-c4ccc(Cl)s4)nc4c3CS(=O)C4)c2c1. The molecule has 4 aromatic rings. The van der Waals surface area contributed by atoms with Crippen molar-refractivity contribution in [3.05, 3.63) is 52.1 Å². The lowest BCUT2D eigenvalue weighted by molar-refractivity contribution is -0.130. The lowest BCUT2D eigenvalue weighted by atomic mass is 10.2. The number of thiophene rings is 1. The molecule has 1 aliphatic rings. The molecular formula is C21H18ClN5O3S2. The summed E-state index contributed by atoms with van der Waals surface area (Å²) >= 11 is 7.50. The van der Waals surface area contributed by atoms with Crippen LogP contribution in [-0.2, 0) is 27.1 Å². The number of hydrogen-bond donors (Lipinski definition) is 0. The highest BCUT2D eigenvalue weighted by molar-refractivity contribution is 7.83. The summed E-state index contributed by atoms with van der Waals surface area (Å²) in [5.74, 6) is 2.31. The largest absolute Gasteiger partial charge is 0.484 e. The van der Waals surface area contributed by atoms with Gasteiger partial charge < -0.3 is 9.64 Å². The van der Waals surface area contributed by atoms with Crippen molar-refractivity contribution in [3.8, 4) is 22.3 Å². The minimum absolute atomic E-state index is 0.0577. The van der Waals surface area contributed by atoms with Gasteiger partial charge in [0.25, 0.3) is 5.91 Å². The molecule has 1 aliphatic heterocycles. The zero-order chi connectivity index (χ0) is 22.4. The van der Waals surface area contributed by atoms with E-state index in [9.17, 15) is 9.00 Å². The number of benzene rings is 1. The molecule has 1 aromatic carbocycles. The van der Waals surface area contributed by atoms with E-state index in [1.807, 2.05) is 18.2 Å². The molecule has 4 heterocycles. The van der Waals surface area contributed by atoms with E-state index in [0.29, 0.717) is 33.2 Å². The summed E-state index contributed by atoms with van der Waals surface area (Å²) in [4.78, 5) is 23.6. The summed E-state index contributed by atoms with van der Waals surface area (Å²) in [6, 6.07) is 9.19. The molecule has 5 rings (SSSR count). The predicted octanol–water partition coefficient (Wildman–Crippen LogP) is 3.43. The molecule has 1 unspecified atom stereocenters. The fraction of sp³-hybridized carbons (Fsp3) is 0.238. The first-order valence-electron chi connectivity index (χ1n) is 9.70. The standard InChI is InChI=1S/C21H18ClN5O3S2/c1-26(2)19(28)9-30-13-4-3-12-8-23-27(16(12)7-13)21-14-10-32(29)11-15(14)24-20(25-21)17-5-6-18(22)31-17/h3-8H,9-11H2,1-2H3. The second-order valence-corrected chi connectivity index (χ2v) is 10.7. The van der Waals surface area contributed by atoms with Gasteiger partial charge in [-0.05, 0) is 24.3 Å². The first-order valence-corrected chi connectivity index (χ1v) is 12.4. The van der Waals surface area contributed by atoms with Crippen molar-refractivity contribution in [2.45, 2.75) is 11.5 Å². The molecular weight excluding hydrogens is 470 g/mol. The van der Waals surface area contributed by atoms with Crippen LogP contribution in [0.5, 0.6) is 5.75 Å². The summed E-state index contributed by atoms with van der Waals surface area (Å²) < 4.78 is 20.4. The van der Waals surface area contributed by atoms with Crippen LogP contribution in [-0.4, -0.2) is 55.5 Å². The van der Waals surface area contributed by atoms with Crippen molar-refractivity contribution in [2.75, 3.05) is 20.7 Å². The van der Waals surface area contributed by atoms with Gasteiger partial charge in [0.1, 0.15) is 5.75 Å². The number of nitrogens with zero attached hydrogens (tertiary/aromatic N) is 5. The maximum absolute atomic E-state index is 12.3. The maximum Gasteiger partial charge on any atom is 0.259 e. The minimum atomic E-state index is -1.03. The van der Waals surface area contributed by atoms with Gasteiger partial charge in [-0.15, -0.1) is 11.3 Å². The van der Waals surface area contributed by atoms with Crippen LogP contribution in [0.2, 0.25) is 4.34 Å². The molecule has 0 spiro atoms. The number of amides is 1. The maximum atomic E-state index is 12.3. The zero-order valence-corrected chi connectivity index (χ0v) is 19.6. The number of ether oxygens (including phenoxy) is 1. The Balaban J connectivity index is 1.60. The van der Waals surface area contributed by atoms with E-state index in [-0.39, 0.29) is 12.5 Å². The summed E-state index contributed by atoms with van der Waals surface area (Å²) in [7, 11) is 2.33. The summed E-state index contributed by atoms with van der Waals surface area (Å²) in [6.07, 6.45) is 1.74. The Bertz CT molecular complexity index is 1380. The second kappa shape index (κ2) is 8.27. The van der Waals surface area contributed by atoms with E-state index in [2.05, 4.69) is 10.1 Å². The van der Waals surface area contributed by atoms with E-state index in [1.165, 1.54) is 16.2 Å². The third-order valence-electron chi connectivity index (χ3n) is 5.07. The molecule has 0 radical (unpaired) electrons. The Labute approximate surface area is 195 Å². The lowest BCUT2D eigenvalue weighted by Crippen LogP contribution is -2.27. The Kier molecular flexibility index (Phi) is 5.44. The molecule has 1 atom stereocenters. The van der Waals surface area contributed by atoms with Gasteiger partial charge in [0, 0.05) is 41.9 Å². The van der Waals surface area contributed by atoms with E-state index in [0.717, 1.165) is 27.0 Å². The highest BCUT2D eigenvalue weighted by Crippen LogP contribution is 2.34. The van der Waals surface area contributed by atoms with E-state index in [4.69, 9.17) is 21.3 Å². The highest BCUT2D eigenvalue weighted by atomic mass is 35.5. The molecule has 1 amide bonds. The first-order chi connectivity index (χ1) is 15.4. The highest BCUT2D eigenvalue weighted by Gasteiger charge is 2.27. The van der Waals surface area contributed by atoms with E-state index >= 15 is 0 Å². The molecule has 0 saturated carbocycles. The first kappa shape index (κ1) is 21.0. The number of hydrogen-bond acceptors (Lipinski definition) is 7. The molecule has 0 N–H and O–H groups in total. The number of aromatic nitrogens is 4. The molecule has 0 saturated heterocycles. The van der Waals surface area contributed by atoms with Gasteiger partial charge in [-0.25, -0.2) is 14.6 Å². The van der Waals surface area contributed by atoms with Gasteiger partial charge in [0.15, 0.2) is 18.2 Å². The number of rotatable bonds is 5. The topological polar surface area (TPSA) is 90.2 Å². The third-order valence-corrected chi connectivity index (χ3v) is 7.50. The second-order valence-electron chi connectivity index (χ2n) is 7.48. The summed E-state index contributed by atoms with van der Waals surface area (Å²) in [5, 5.41) is 5.44. The molecule has 32 heavy (non-hydrogen) atoms. The number of carbonyl (C=O) groups is 1. The van der Waals surface area contributed by atoms with Crippen molar-refractivity contribution < 1.29 is 13.7 Å². The Morgan fingerprint density at radius 1 is 1.25 bits per heavy atom. The van der Waals surface area contributed by atoms with Gasteiger partial charge in [-0.2, -0.15) is 5.10 Å². The van der Waals surface area contributed by atoms with Crippen LogP contribution < -0.4 is 4.74 Å². The van der Waals surface area contributed by atoms with Crippen LogP contribution in [0.15, 0.2) is 36.5 Å². The van der Waals surface area contributed by atoms with E-state index in [1.54, 1.807) is 37.1 Å². The average molecular weight is 488 g/mol. The molecule has 0 aliphatic carbocycles. The van der Waals surface area contributed by atoms with E-state index < -0.39 is 10.8 Å². The molecule has 3 aromatic heterocycles. The smallest absolute Gasteiger partial charge is 0.259 e. The van der Waals surface area contributed by atoms with Crippen LogP contribution in [0.4, 0.5) is 0 Å². The predicted molar refractivity (Wildman–Crippen MR) is 125 cm³/mol. The number of halogens is 1. The van der Waals surface area contributed by atoms with Gasteiger partial charge in [0.05, 0.1) is 38.1 Å². The zero-order valence-electron chi connectivity index (χ0n) is 17.2. The molecule has 164 valence electrons. The van der Waals surface area contributed by atoms with Gasteiger partial charge in [0.2, 0.25) is 0 Å². The van der Waals surface area contributed by atoms with Gasteiger partial charge in [-0.1, -0.05) is 11.6 Å². The van der Waals surface area contributed by atoms with Crippen LogP contribution in [0, 0.1) is 0 Å². The van der Waals surface area contributed by atoms with Gasteiger partial charge in [-0.3, -0.25) is 9.00 Å². The van der Waals surface area contributed by atoms with Gasteiger partial charge >= 0.3 is 0 Å². The fourth-order valence-electron chi connectivity index (χ4n) is 3.40. The number of carbonyl (C=O) groups excluding carboxylic acids is 1. The monoisotopic (exact) mass is 487 g/mol. The fourth-order valence-corrected chi connectivity index (χ4v) is 5.64. The van der Waals surface area contributed by atoms with Crippen molar-refractivity contribution in [2.24, 2.45) is 0 Å². The summed E-state index contributed by atoms with van der Waals surface area (Å²) in [5.41, 5.74) is 2.36. The van der Waals surface area contributed by atoms with Crippen molar-refractivity contribution in [1.82, 2.24) is 24.6 Å². The molecule has 8 nitrogen and oxygen atoms in total. The Morgan fingerprint density at radius 2 is 2.09 bits per heavy atom. The molecule has 0 bridgehead atoms. The quantitative estimate of drug-likeness (QED) is 0.428. The lowest BCUT2D eigenvalue weighted by Gasteiger charge is -2.12. The average Bonchev–Trinajstić information content (AvgIpc) is 3.48. The van der Waals surface area contributed by atoms with Crippen LogP contribution >= 0.6 is 22.9 Å². The van der Waals surface area contributed by atoms with Crippen LogP contribution in [0.3, 0.4) is 0 Å². The molecule has 0 fully saturated rings. The Hall–Kier alpha value is -2.82. The third kappa shape index (κ3) is 3.89. The van der Waals surface area contributed by atoms with Crippen molar-refractivity contribution >= 4 is 50.5 Å². The van der Waals surface area contributed by atoms with Crippen molar-refractivity contribution in [1.29, 1.82) is 0 Å². The minimum Gasteiger partial charge on any atom is -0.484 e.